The van der Waals surface area contributed by atoms with E-state index in [1.807, 2.05) is 0 Å². The van der Waals surface area contributed by atoms with Gasteiger partial charge in [0.05, 0.1) is 22.0 Å². The summed E-state index contributed by atoms with van der Waals surface area (Å²) in [6.45, 7) is 3.65. The van der Waals surface area contributed by atoms with Crippen molar-refractivity contribution in [2.24, 2.45) is 0 Å². The zero-order valence-corrected chi connectivity index (χ0v) is 18.0. The number of nitrogens with zero attached hydrogens (tertiary/aromatic N) is 2. The molecule has 0 atom stereocenters. The molecule has 3 rings (SSSR count). The molecular formula is C17H23Cl3N4O2S. The van der Waals surface area contributed by atoms with Gasteiger partial charge in [0.2, 0.25) is 0 Å². The zero-order chi connectivity index (χ0) is 18.0. The molecule has 10 heteroatoms. The Kier molecular flexibility index (Phi) is 8.50. The zero-order valence-electron chi connectivity index (χ0n) is 14.8. The quantitative estimate of drug-likeness (QED) is 0.694. The predicted molar refractivity (Wildman–Crippen MR) is 117 cm³/mol. The standard InChI is InChI=1S/C17H21ClN4O2S.2ClH/c1-21-7-9-22(10-8-21)17-6-5-15(12-16(17)19)25(23,24)20-14-4-2-3-13(18)11-14;;/h2-6,11-12,20H,7-10,19H2,1H3;2*1H. The van der Waals surface area contributed by atoms with Crippen molar-refractivity contribution in [3.8, 4) is 0 Å². The van der Waals surface area contributed by atoms with Gasteiger partial charge in [-0.25, -0.2) is 8.42 Å². The molecule has 1 heterocycles. The van der Waals surface area contributed by atoms with E-state index in [9.17, 15) is 8.42 Å². The van der Waals surface area contributed by atoms with E-state index in [1.54, 1.807) is 36.4 Å². The highest BCUT2D eigenvalue weighted by Crippen LogP contribution is 2.28. The molecule has 1 fully saturated rings. The lowest BCUT2D eigenvalue weighted by Crippen LogP contribution is -2.44. The van der Waals surface area contributed by atoms with Gasteiger partial charge in [-0.15, -0.1) is 24.8 Å². The second-order valence-electron chi connectivity index (χ2n) is 6.13. The van der Waals surface area contributed by atoms with Crippen LogP contribution < -0.4 is 15.4 Å². The Morgan fingerprint density at radius 2 is 1.70 bits per heavy atom. The Morgan fingerprint density at radius 3 is 2.30 bits per heavy atom. The van der Waals surface area contributed by atoms with Gasteiger partial charge >= 0.3 is 0 Å². The number of hydrogen-bond donors (Lipinski definition) is 2. The molecule has 0 amide bonds. The van der Waals surface area contributed by atoms with Crippen LogP contribution in [0, 0.1) is 0 Å². The maximum Gasteiger partial charge on any atom is 0.261 e. The van der Waals surface area contributed by atoms with Gasteiger partial charge < -0.3 is 15.5 Å². The average molecular weight is 454 g/mol. The molecule has 6 nitrogen and oxygen atoms in total. The van der Waals surface area contributed by atoms with E-state index in [1.165, 1.54) is 6.07 Å². The third kappa shape index (κ3) is 5.80. The smallest absolute Gasteiger partial charge is 0.261 e. The van der Waals surface area contributed by atoms with Crippen molar-refractivity contribution >= 4 is 63.5 Å². The van der Waals surface area contributed by atoms with Gasteiger partial charge in [-0.05, 0) is 43.4 Å². The van der Waals surface area contributed by atoms with Crippen LogP contribution in [0.4, 0.5) is 17.1 Å². The van der Waals surface area contributed by atoms with Crippen molar-refractivity contribution in [3.63, 3.8) is 0 Å². The van der Waals surface area contributed by atoms with Gasteiger partial charge in [-0.1, -0.05) is 17.7 Å². The van der Waals surface area contributed by atoms with E-state index in [0.29, 0.717) is 16.4 Å². The van der Waals surface area contributed by atoms with Crippen molar-refractivity contribution in [1.29, 1.82) is 0 Å². The van der Waals surface area contributed by atoms with E-state index in [-0.39, 0.29) is 29.7 Å². The number of benzene rings is 2. The molecule has 27 heavy (non-hydrogen) atoms. The highest BCUT2D eigenvalue weighted by molar-refractivity contribution is 7.92. The molecule has 0 spiro atoms. The fourth-order valence-corrected chi connectivity index (χ4v) is 4.08. The fraction of sp³-hybridized carbons (Fsp3) is 0.294. The number of likely N-dealkylation sites (N-methyl/N-ethyl adjacent to an activating group) is 1. The van der Waals surface area contributed by atoms with Crippen molar-refractivity contribution in [3.05, 3.63) is 47.5 Å². The van der Waals surface area contributed by atoms with Gasteiger partial charge in [-0.3, -0.25) is 4.72 Å². The normalized spacial score (nSPS) is 14.8. The van der Waals surface area contributed by atoms with Gasteiger partial charge in [0.15, 0.2) is 0 Å². The topological polar surface area (TPSA) is 78.7 Å². The first-order valence-electron chi connectivity index (χ1n) is 7.96. The molecule has 1 aliphatic rings. The number of piperazine rings is 1. The van der Waals surface area contributed by atoms with Gasteiger partial charge in [0.1, 0.15) is 0 Å². The molecule has 0 saturated carbocycles. The lowest BCUT2D eigenvalue weighted by atomic mass is 10.2. The lowest BCUT2D eigenvalue weighted by Gasteiger charge is -2.34. The third-order valence-electron chi connectivity index (χ3n) is 4.23. The monoisotopic (exact) mass is 452 g/mol. The first kappa shape index (κ1) is 23.7. The summed E-state index contributed by atoms with van der Waals surface area (Å²) >= 11 is 5.90. The van der Waals surface area contributed by atoms with E-state index in [4.69, 9.17) is 17.3 Å². The SMILES string of the molecule is CN1CCN(c2ccc(S(=O)(=O)Nc3cccc(Cl)c3)cc2N)CC1.Cl.Cl. The van der Waals surface area contributed by atoms with Gasteiger partial charge in [-0.2, -0.15) is 0 Å². The van der Waals surface area contributed by atoms with Crippen molar-refractivity contribution in [2.45, 2.75) is 4.90 Å². The fourth-order valence-electron chi connectivity index (χ4n) is 2.80. The second-order valence-corrected chi connectivity index (χ2v) is 8.25. The number of halogens is 3. The van der Waals surface area contributed by atoms with Crippen LogP contribution in [0.25, 0.3) is 0 Å². The summed E-state index contributed by atoms with van der Waals surface area (Å²) < 4.78 is 27.7. The molecule has 0 aliphatic carbocycles. The molecule has 3 N–H and O–H groups in total. The maximum absolute atomic E-state index is 12.6. The van der Waals surface area contributed by atoms with Crippen LogP contribution in [0.2, 0.25) is 5.02 Å². The molecule has 1 aliphatic heterocycles. The molecular weight excluding hydrogens is 431 g/mol. The molecule has 0 aromatic heterocycles. The third-order valence-corrected chi connectivity index (χ3v) is 5.84. The van der Waals surface area contributed by atoms with Gasteiger partial charge in [0.25, 0.3) is 10.0 Å². The van der Waals surface area contributed by atoms with Crippen LogP contribution in [0.15, 0.2) is 47.4 Å². The summed E-state index contributed by atoms with van der Waals surface area (Å²) in [4.78, 5) is 4.55. The Bertz CT molecular complexity index is 872. The van der Waals surface area contributed by atoms with E-state index in [2.05, 4.69) is 21.6 Å². The minimum absolute atomic E-state index is 0. The van der Waals surface area contributed by atoms with Crippen LogP contribution in [-0.2, 0) is 10.0 Å². The Hall–Kier alpha value is -1.38. The Morgan fingerprint density at radius 1 is 1.04 bits per heavy atom. The molecule has 2 aromatic carbocycles. The molecule has 0 bridgehead atoms. The molecule has 0 radical (unpaired) electrons. The minimum atomic E-state index is -3.72. The van der Waals surface area contributed by atoms with Crippen LogP contribution in [0.1, 0.15) is 0 Å². The van der Waals surface area contributed by atoms with E-state index in [0.717, 1.165) is 31.9 Å². The summed E-state index contributed by atoms with van der Waals surface area (Å²) in [6.07, 6.45) is 0. The highest BCUT2D eigenvalue weighted by Gasteiger charge is 2.20. The van der Waals surface area contributed by atoms with Crippen LogP contribution in [0.5, 0.6) is 0 Å². The number of rotatable bonds is 4. The minimum Gasteiger partial charge on any atom is -0.397 e. The van der Waals surface area contributed by atoms with Crippen LogP contribution >= 0.6 is 36.4 Å². The van der Waals surface area contributed by atoms with Crippen molar-refractivity contribution in [2.75, 3.05) is 48.6 Å². The largest absolute Gasteiger partial charge is 0.397 e. The molecule has 1 saturated heterocycles. The second kappa shape index (κ2) is 9.71. The number of nitrogens with two attached hydrogens (primary N) is 1. The number of hydrogen-bond acceptors (Lipinski definition) is 5. The average Bonchev–Trinajstić information content (AvgIpc) is 2.55. The molecule has 0 unspecified atom stereocenters. The maximum atomic E-state index is 12.6. The number of nitrogens with one attached hydrogen (secondary N) is 1. The lowest BCUT2D eigenvalue weighted by molar-refractivity contribution is 0.313. The predicted octanol–water partition coefficient (Wildman–Crippen LogP) is 3.32. The Labute approximate surface area is 177 Å². The number of anilines is 3. The first-order valence-corrected chi connectivity index (χ1v) is 9.83. The highest BCUT2D eigenvalue weighted by atomic mass is 35.5. The Balaban J connectivity index is 0.00000182. The van der Waals surface area contributed by atoms with Gasteiger partial charge in [0, 0.05) is 31.2 Å². The first-order chi connectivity index (χ1) is 11.8. The summed E-state index contributed by atoms with van der Waals surface area (Å²) in [5.74, 6) is 0. The van der Waals surface area contributed by atoms with Crippen molar-refractivity contribution in [1.82, 2.24) is 4.90 Å². The van der Waals surface area contributed by atoms with Crippen LogP contribution in [0.3, 0.4) is 0 Å². The molecule has 150 valence electrons. The summed E-state index contributed by atoms with van der Waals surface area (Å²) in [5.41, 5.74) is 7.87. The summed E-state index contributed by atoms with van der Waals surface area (Å²) in [5, 5.41) is 0.463. The van der Waals surface area contributed by atoms with E-state index < -0.39 is 10.0 Å². The van der Waals surface area contributed by atoms with E-state index >= 15 is 0 Å². The molecule has 2 aromatic rings. The summed E-state index contributed by atoms with van der Waals surface area (Å²) in [7, 11) is -1.64. The van der Waals surface area contributed by atoms with Crippen molar-refractivity contribution < 1.29 is 8.42 Å². The number of sulfonamides is 1. The summed E-state index contributed by atoms with van der Waals surface area (Å²) in [6, 6.07) is 11.4. The van der Waals surface area contributed by atoms with Crippen LogP contribution in [-0.4, -0.2) is 46.5 Å². The number of nitrogen functional groups attached to an aromatic ring is 1.